The van der Waals surface area contributed by atoms with E-state index in [4.69, 9.17) is 24.3 Å². The number of rotatable bonds is 20. The number of nitrogens with zero attached hydrogens (tertiary/aromatic N) is 1. The maximum absolute atomic E-state index is 14.3. The van der Waals surface area contributed by atoms with Crippen molar-refractivity contribution in [1.29, 1.82) is 0 Å². The molecule has 5 rings (SSSR count). The van der Waals surface area contributed by atoms with Crippen LogP contribution in [-0.2, 0) is 64.6 Å². The first kappa shape index (κ1) is 47.5. The van der Waals surface area contributed by atoms with Crippen molar-refractivity contribution in [3.63, 3.8) is 0 Å². The van der Waals surface area contributed by atoms with Crippen LogP contribution < -0.4 is 21.7 Å². The van der Waals surface area contributed by atoms with Gasteiger partial charge in [-0.1, -0.05) is 76.9 Å². The van der Waals surface area contributed by atoms with E-state index in [1.165, 1.54) is 0 Å². The van der Waals surface area contributed by atoms with Crippen molar-refractivity contribution in [1.82, 2.24) is 25.8 Å². The number of esters is 2. The Morgan fingerprint density at radius 2 is 1.52 bits per heavy atom. The van der Waals surface area contributed by atoms with Gasteiger partial charge in [-0.3, -0.25) is 47.2 Å². The number of benzene rings is 2. The Labute approximate surface area is 360 Å². The van der Waals surface area contributed by atoms with E-state index in [0.717, 1.165) is 12.0 Å². The second-order valence-electron chi connectivity index (χ2n) is 16.2. The summed E-state index contributed by atoms with van der Waals surface area (Å²) in [6.45, 7) is 5.42. The Bertz CT molecular complexity index is 2110. The van der Waals surface area contributed by atoms with Crippen molar-refractivity contribution in [2.75, 3.05) is 13.6 Å². The van der Waals surface area contributed by atoms with E-state index in [-0.39, 0.29) is 37.3 Å². The Balaban J connectivity index is 1.26. The predicted molar refractivity (Wildman–Crippen MR) is 225 cm³/mol. The number of fused-ring (bicyclic) bond motifs is 2. The average Bonchev–Trinajstić information content (AvgIpc) is 3.86. The number of primary amides is 1. The number of aromatic amines is 1. The number of ether oxygens (including phenoxy) is 2. The standard InChI is InChI=1S/C43H57N6O12P/c1-26(2)42(55)58-24-60-62(57,61-25-59-43(56)27(3)4)23-29-14-16-32-30(20-29)21-35(46-32)39(52)48-34-13-9-8-12-31-15-18-36(49(31)41(34)54)40(53)47-33(17-19-37(44)50)38(51)45-22-28-10-6-5-7-11-28/h5-7,10-11,14,16,20-21,26-27,31,33-34,36,46H,8-9,12-13,15,17-19,22-25H2,1-4H3,(H2,44,50)(H,45,51)(H,47,53)(H,48,52)/t31?,33?,34-,36-/m0/s1. The van der Waals surface area contributed by atoms with Gasteiger partial charge >= 0.3 is 19.5 Å². The molecule has 0 bridgehead atoms. The van der Waals surface area contributed by atoms with Crippen LogP contribution in [0.2, 0.25) is 0 Å². The van der Waals surface area contributed by atoms with Crippen LogP contribution >= 0.6 is 7.60 Å². The molecule has 18 nitrogen and oxygen atoms in total. The highest BCUT2D eigenvalue weighted by Crippen LogP contribution is 2.51. The number of nitrogens with one attached hydrogen (secondary N) is 4. The fraction of sp³-hybridized carbons (Fsp3) is 0.512. The topological polar surface area (TPSA) is 255 Å². The van der Waals surface area contributed by atoms with Crippen molar-refractivity contribution >= 4 is 60.0 Å². The molecule has 2 aromatic carbocycles. The molecule has 2 aliphatic heterocycles. The number of hydrogen-bond donors (Lipinski definition) is 5. The van der Waals surface area contributed by atoms with E-state index in [1.807, 2.05) is 30.3 Å². The molecule has 6 N–H and O–H groups in total. The first-order valence-corrected chi connectivity index (χ1v) is 22.6. The van der Waals surface area contributed by atoms with E-state index in [1.54, 1.807) is 56.9 Å². The molecule has 5 amide bonds. The zero-order chi connectivity index (χ0) is 45.0. The molecule has 1 aromatic heterocycles. The fourth-order valence-corrected chi connectivity index (χ4v) is 8.64. The van der Waals surface area contributed by atoms with Crippen molar-refractivity contribution in [2.24, 2.45) is 17.6 Å². The highest BCUT2D eigenvalue weighted by atomic mass is 31.2. The first-order valence-electron chi connectivity index (χ1n) is 20.9. The van der Waals surface area contributed by atoms with Gasteiger partial charge in [0.05, 0.1) is 18.0 Å². The average molecular weight is 881 g/mol. The summed E-state index contributed by atoms with van der Waals surface area (Å²) in [7, 11) is -4.05. The van der Waals surface area contributed by atoms with Crippen LogP contribution in [0.1, 0.15) is 101 Å². The fourth-order valence-electron chi connectivity index (χ4n) is 7.31. The molecule has 3 heterocycles. The van der Waals surface area contributed by atoms with Gasteiger partial charge in [-0.25, -0.2) is 0 Å². The smallest absolute Gasteiger partial charge is 0.340 e. The summed E-state index contributed by atoms with van der Waals surface area (Å²) in [5, 5.41) is 9.01. The van der Waals surface area contributed by atoms with Gasteiger partial charge in [0.1, 0.15) is 23.8 Å². The van der Waals surface area contributed by atoms with Crippen LogP contribution in [0.25, 0.3) is 10.9 Å². The molecule has 336 valence electrons. The van der Waals surface area contributed by atoms with Crippen LogP contribution in [0.3, 0.4) is 0 Å². The molecule has 2 aliphatic rings. The molecule has 4 atom stereocenters. The summed E-state index contributed by atoms with van der Waals surface area (Å²) in [5.41, 5.74) is 7.42. The van der Waals surface area contributed by atoms with Gasteiger partial charge in [0.15, 0.2) is 0 Å². The number of hydrogen-bond acceptors (Lipinski definition) is 12. The van der Waals surface area contributed by atoms with E-state index >= 15 is 0 Å². The molecule has 2 fully saturated rings. The maximum atomic E-state index is 14.3. The molecule has 3 aromatic rings. The van der Waals surface area contributed by atoms with Crippen LogP contribution in [0.4, 0.5) is 0 Å². The third kappa shape index (κ3) is 13.2. The second kappa shape index (κ2) is 22.0. The van der Waals surface area contributed by atoms with Gasteiger partial charge in [-0.15, -0.1) is 0 Å². The second-order valence-corrected chi connectivity index (χ2v) is 18.2. The van der Waals surface area contributed by atoms with E-state index in [0.29, 0.717) is 48.6 Å². The van der Waals surface area contributed by atoms with E-state index in [9.17, 15) is 38.1 Å². The number of amides is 5. The lowest BCUT2D eigenvalue weighted by atomic mass is 9.98. The third-order valence-electron chi connectivity index (χ3n) is 10.7. The van der Waals surface area contributed by atoms with Crippen molar-refractivity contribution in [3.05, 3.63) is 71.4 Å². The van der Waals surface area contributed by atoms with Crippen LogP contribution in [0.5, 0.6) is 0 Å². The molecule has 0 saturated carbocycles. The minimum absolute atomic E-state index is 0.0253. The minimum atomic E-state index is -4.05. The zero-order valence-corrected chi connectivity index (χ0v) is 36.4. The van der Waals surface area contributed by atoms with Crippen molar-refractivity contribution in [3.8, 4) is 0 Å². The first-order chi connectivity index (χ1) is 29.5. The Hall–Kier alpha value is -5.58. The van der Waals surface area contributed by atoms with Crippen LogP contribution in [0.15, 0.2) is 54.6 Å². The molecular formula is C43H57N6O12P. The van der Waals surface area contributed by atoms with E-state index in [2.05, 4.69) is 20.9 Å². The summed E-state index contributed by atoms with van der Waals surface area (Å²) in [6.07, 6.45) is 2.92. The minimum Gasteiger partial charge on any atom is -0.438 e. The van der Waals surface area contributed by atoms with Gasteiger partial charge < -0.3 is 41.0 Å². The lowest BCUT2D eigenvalue weighted by molar-refractivity contribution is -0.156. The quantitative estimate of drug-likeness (QED) is 0.0605. The molecular weight excluding hydrogens is 823 g/mol. The summed E-state index contributed by atoms with van der Waals surface area (Å²) >= 11 is 0. The summed E-state index contributed by atoms with van der Waals surface area (Å²) in [4.78, 5) is 95.4. The van der Waals surface area contributed by atoms with Gasteiger partial charge in [-0.2, -0.15) is 0 Å². The largest absolute Gasteiger partial charge is 0.438 e. The zero-order valence-electron chi connectivity index (χ0n) is 35.5. The number of carbonyl (C=O) groups is 7. The third-order valence-corrected chi connectivity index (χ3v) is 12.5. The summed E-state index contributed by atoms with van der Waals surface area (Å²) < 4.78 is 34.7. The molecule has 2 saturated heterocycles. The maximum Gasteiger partial charge on any atom is 0.340 e. The SMILES string of the molecule is CC(C)C(=O)OCOP(=O)(Cc1ccc2[nH]c(C(=O)N[C@H]3CCCCC4CC[C@@H](C(=O)NC(CCC(N)=O)C(=O)NCc5ccccc5)N4C3=O)cc2c1)OCOC(=O)C(C)C. The molecule has 62 heavy (non-hydrogen) atoms. The number of H-pyrrole nitrogens is 1. The molecule has 0 spiro atoms. The van der Waals surface area contributed by atoms with Crippen LogP contribution in [0, 0.1) is 11.8 Å². The van der Waals surface area contributed by atoms with Crippen molar-refractivity contribution in [2.45, 2.75) is 116 Å². The molecule has 2 unspecified atom stereocenters. The van der Waals surface area contributed by atoms with E-state index < -0.39 is 92.6 Å². The Kier molecular flexibility index (Phi) is 16.8. The molecule has 19 heteroatoms. The number of nitrogens with two attached hydrogens (primary N) is 1. The van der Waals surface area contributed by atoms with Gasteiger partial charge in [-0.05, 0) is 61.4 Å². The lowest BCUT2D eigenvalue weighted by Crippen LogP contribution is -2.58. The van der Waals surface area contributed by atoms with Gasteiger partial charge in [0.25, 0.3) is 5.91 Å². The highest BCUT2D eigenvalue weighted by molar-refractivity contribution is 7.53. The Morgan fingerprint density at radius 3 is 2.16 bits per heavy atom. The van der Waals surface area contributed by atoms with Crippen molar-refractivity contribution < 1.29 is 56.6 Å². The van der Waals surface area contributed by atoms with Gasteiger partial charge in [0, 0.05) is 29.9 Å². The van der Waals surface area contributed by atoms with Gasteiger partial charge in [0.2, 0.25) is 37.2 Å². The number of carbonyl (C=O) groups excluding carboxylic acids is 7. The molecule has 0 radical (unpaired) electrons. The normalized spacial score (nSPS) is 18.4. The van der Waals surface area contributed by atoms with Crippen LogP contribution in [-0.4, -0.2) is 89.1 Å². The lowest BCUT2D eigenvalue weighted by Gasteiger charge is -2.35. The predicted octanol–water partition coefficient (Wildman–Crippen LogP) is 4.31. The molecule has 0 aliphatic carbocycles. The summed E-state index contributed by atoms with van der Waals surface area (Å²) in [5.74, 6) is -4.66. The summed E-state index contributed by atoms with van der Waals surface area (Å²) in [6, 6.07) is 12.6. The Morgan fingerprint density at radius 1 is 0.855 bits per heavy atom. The number of aromatic nitrogens is 1. The highest BCUT2D eigenvalue weighted by Gasteiger charge is 2.44. The monoisotopic (exact) mass is 880 g/mol.